The van der Waals surface area contributed by atoms with E-state index in [-0.39, 0.29) is 5.41 Å². The van der Waals surface area contributed by atoms with Crippen LogP contribution in [0.2, 0.25) is 0 Å². The van der Waals surface area contributed by atoms with Crippen LogP contribution in [0.1, 0.15) is 30.5 Å². The van der Waals surface area contributed by atoms with Gasteiger partial charge < -0.3 is 0 Å². The van der Waals surface area contributed by atoms with Gasteiger partial charge in [-0.2, -0.15) is 5.26 Å². The molecule has 0 N–H and O–H groups in total. The molecular weight excluding hydrogens is 548 g/mol. The van der Waals surface area contributed by atoms with Crippen molar-refractivity contribution in [3.05, 3.63) is 150 Å². The van der Waals surface area contributed by atoms with Crippen molar-refractivity contribution in [2.75, 3.05) is 0 Å². The van der Waals surface area contributed by atoms with Crippen molar-refractivity contribution in [1.29, 1.82) is 5.26 Å². The van der Waals surface area contributed by atoms with Gasteiger partial charge in [0.25, 0.3) is 0 Å². The lowest BCUT2D eigenvalue weighted by Gasteiger charge is -2.21. The Morgan fingerprint density at radius 1 is 0.489 bits per heavy atom. The Bertz CT molecular complexity index is 2310. The van der Waals surface area contributed by atoms with Crippen LogP contribution in [0.5, 0.6) is 0 Å². The Balaban J connectivity index is 1.38. The Labute approximate surface area is 262 Å². The highest BCUT2D eigenvalue weighted by Crippen LogP contribution is 2.53. The molecule has 0 aliphatic heterocycles. The first-order valence-electron chi connectivity index (χ1n) is 15.1. The molecule has 0 saturated carbocycles. The molecule has 6 aromatic carbocycles. The molecule has 4 heteroatoms. The van der Waals surface area contributed by atoms with Gasteiger partial charge in [-0.1, -0.05) is 135 Å². The number of aromatic nitrogens is 3. The fraction of sp³-hybridized carbons (Fsp3) is 0.0732. The van der Waals surface area contributed by atoms with Crippen LogP contribution in [-0.2, 0) is 5.41 Å². The normalized spacial score (nSPS) is 12.8. The van der Waals surface area contributed by atoms with Gasteiger partial charge in [0, 0.05) is 27.7 Å². The van der Waals surface area contributed by atoms with Crippen molar-refractivity contribution in [2.45, 2.75) is 19.3 Å². The Morgan fingerprint density at radius 2 is 1.09 bits per heavy atom. The smallest absolute Gasteiger partial charge is 0.164 e. The van der Waals surface area contributed by atoms with E-state index in [2.05, 4.69) is 92.7 Å². The SMILES string of the molecule is CC1(C)c2cccc(C#N)c2-c2c(-c3ccccc3-c3nc(-c4ccccc4)nc(-c4ccc5ccccc5c4)n3)cccc21. The van der Waals surface area contributed by atoms with E-state index < -0.39 is 0 Å². The van der Waals surface area contributed by atoms with Gasteiger partial charge in [-0.25, -0.2) is 15.0 Å². The van der Waals surface area contributed by atoms with Gasteiger partial charge in [-0.3, -0.25) is 0 Å². The average Bonchev–Trinajstić information content (AvgIpc) is 3.34. The number of hydrogen-bond acceptors (Lipinski definition) is 4. The quantitative estimate of drug-likeness (QED) is 0.209. The van der Waals surface area contributed by atoms with Crippen molar-refractivity contribution >= 4 is 10.8 Å². The van der Waals surface area contributed by atoms with E-state index in [4.69, 9.17) is 15.0 Å². The fourth-order valence-electron chi connectivity index (χ4n) is 6.73. The summed E-state index contributed by atoms with van der Waals surface area (Å²) in [6.45, 7) is 4.48. The van der Waals surface area contributed by atoms with Gasteiger partial charge >= 0.3 is 0 Å². The average molecular weight is 577 g/mol. The lowest BCUT2D eigenvalue weighted by molar-refractivity contribution is 0.660. The maximum atomic E-state index is 10.2. The van der Waals surface area contributed by atoms with Crippen LogP contribution in [0, 0.1) is 11.3 Å². The van der Waals surface area contributed by atoms with Crippen LogP contribution in [0.25, 0.3) is 67.2 Å². The number of nitriles is 1. The molecule has 45 heavy (non-hydrogen) atoms. The van der Waals surface area contributed by atoms with E-state index >= 15 is 0 Å². The summed E-state index contributed by atoms with van der Waals surface area (Å²) in [5.41, 5.74) is 9.81. The number of fused-ring (bicyclic) bond motifs is 4. The molecule has 0 atom stereocenters. The summed E-state index contributed by atoms with van der Waals surface area (Å²) in [6.07, 6.45) is 0. The van der Waals surface area contributed by atoms with Crippen LogP contribution in [0.4, 0.5) is 0 Å². The largest absolute Gasteiger partial charge is 0.208 e. The minimum Gasteiger partial charge on any atom is -0.208 e. The molecule has 8 rings (SSSR count). The van der Waals surface area contributed by atoms with Crippen molar-refractivity contribution in [1.82, 2.24) is 15.0 Å². The fourth-order valence-corrected chi connectivity index (χ4v) is 6.73. The van der Waals surface area contributed by atoms with E-state index in [1.54, 1.807) is 0 Å². The Hall–Kier alpha value is -5.92. The van der Waals surface area contributed by atoms with Crippen LogP contribution in [0.15, 0.2) is 133 Å². The predicted octanol–water partition coefficient (Wildman–Crippen LogP) is 9.87. The second-order valence-corrected chi connectivity index (χ2v) is 12.0. The topological polar surface area (TPSA) is 62.5 Å². The summed E-state index contributed by atoms with van der Waals surface area (Å²) < 4.78 is 0. The number of rotatable bonds is 4. The third kappa shape index (κ3) is 4.32. The van der Waals surface area contributed by atoms with Crippen molar-refractivity contribution in [3.8, 4) is 62.5 Å². The minimum absolute atomic E-state index is 0.237. The third-order valence-electron chi connectivity index (χ3n) is 8.98. The van der Waals surface area contributed by atoms with E-state index in [1.165, 1.54) is 16.5 Å². The van der Waals surface area contributed by atoms with Gasteiger partial charge in [0.2, 0.25) is 0 Å². The summed E-state index contributed by atoms with van der Waals surface area (Å²) in [5.74, 6) is 1.84. The zero-order chi connectivity index (χ0) is 30.5. The highest BCUT2D eigenvalue weighted by molar-refractivity contribution is 5.98. The molecule has 0 bridgehead atoms. The van der Waals surface area contributed by atoms with Gasteiger partial charge in [0.15, 0.2) is 17.5 Å². The van der Waals surface area contributed by atoms with Crippen molar-refractivity contribution in [3.63, 3.8) is 0 Å². The lowest BCUT2D eigenvalue weighted by atomic mass is 9.81. The number of benzene rings is 6. The van der Waals surface area contributed by atoms with Crippen molar-refractivity contribution in [2.24, 2.45) is 0 Å². The second kappa shape index (κ2) is 10.4. The highest BCUT2D eigenvalue weighted by atomic mass is 15.0. The first kappa shape index (κ1) is 26.7. The molecule has 7 aromatic rings. The van der Waals surface area contributed by atoms with E-state index in [0.717, 1.165) is 44.3 Å². The monoisotopic (exact) mass is 576 g/mol. The third-order valence-corrected chi connectivity index (χ3v) is 8.98. The Morgan fingerprint density at radius 3 is 1.87 bits per heavy atom. The van der Waals surface area contributed by atoms with E-state index in [9.17, 15) is 5.26 Å². The highest BCUT2D eigenvalue weighted by Gasteiger charge is 2.38. The van der Waals surface area contributed by atoms with Crippen LogP contribution >= 0.6 is 0 Å². The first-order valence-corrected chi connectivity index (χ1v) is 15.1. The number of hydrogen-bond donors (Lipinski definition) is 0. The second-order valence-electron chi connectivity index (χ2n) is 12.0. The summed E-state index contributed by atoms with van der Waals surface area (Å²) >= 11 is 0. The van der Waals surface area contributed by atoms with Gasteiger partial charge in [0.05, 0.1) is 11.6 Å². The first-order chi connectivity index (χ1) is 22.0. The summed E-state index contributed by atoms with van der Waals surface area (Å²) in [7, 11) is 0. The van der Waals surface area contributed by atoms with Crippen LogP contribution in [0.3, 0.4) is 0 Å². The molecule has 212 valence electrons. The predicted molar refractivity (Wildman–Crippen MR) is 181 cm³/mol. The van der Waals surface area contributed by atoms with Crippen LogP contribution in [-0.4, -0.2) is 15.0 Å². The molecule has 0 saturated heterocycles. The summed E-state index contributed by atoms with van der Waals surface area (Å²) in [6, 6.07) is 48.0. The standard InChI is InChI=1S/C41H28N4/c1-41(2)34-20-10-16-30(25-42)36(34)37-32(19-11-21-35(37)41)31-17-8-9-18-33(31)40-44-38(27-13-4-3-5-14-27)43-39(45-40)29-23-22-26-12-6-7-15-28(26)24-29/h3-24H,1-2H3. The molecule has 0 fully saturated rings. The van der Waals surface area contributed by atoms with Crippen molar-refractivity contribution < 1.29 is 0 Å². The van der Waals surface area contributed by atoms with Crippen LogP contribution < -0.4 is 0 Å². The lowest BCUT2D eigenvalue weighted by Crippen LogP contribution is -2.14. The van der Waals surface area contributed by atoms with Gasteiger partial charge in [0.1, 0.15) is 0 Å². The zero-order valence-corrected chi connectivity index (χ0v) is 25.0. The number of nitrogens with zero attached hydrogens (tertiary/aromatic N) is 4. The molecule has 1 aromatic heterocycles. The molecule has 0 amide bonds. The maximum Gasteiger partial charge on any atom is 0.164 e. The summed E-state index contributed by atoms with van der Waals surface area (Å²) in [4.78, 5) is 15.2. The molecule has 4 nitrogen and oxygen atoms in total. The molecule has 1 aliphatic rings. The maximum absolute atomic E-state index is 10.2. The van der Waals surface area contributed by atoms with Gasteiger partial charge in [-0.15, -0.1) is 0 Å². The zero-order valence-electron chi connectivity index (χ0n) is 25.0. The summed E-state index contributed by atoms with van der Waals surface area (Å²) in [5, 5.41) is 12.5. The molecule has 0 radical (unpaired) electrons. The molecule has 0 unspecified atom stereocenters. The Kier molecular flexibility index (Phi) is 6.15. The van der Waals surface area contributed by atoms with E-state index in [1.807, 2.05) is 60.7 Å². The molecule has 1 aliphatic carbocycles. The molecular formula is C41H28N4. The van der Waals surface area contributed by atoms with E-state index in [0.29, 0.717) is 23.0 Å². The molecule has 1 heterocycles. The minimum atomic E-state index is -0.237. The molecule has 0 spiro atoms. The van der Waals surface area contributed by atoms with Gasteiger partial charge in [-0.05, 0) is 50.7 Å².